The average Bonchev–Trinajstić information content (AvgIpc) is 3.73. The number of hydrogen-bond acceptors (Lipinski definition) is 9. The number of amides is 3. The van der Waals surface area contributed by atoms with Gasteiger partial charge in [0, 0.05) is 72.7 Å². The molecule has 3 amide bonds. The molecular weight excluding hydrogens is 583 g/mol. The van der Waals surface area contributed by atoms with E-state index in [1.165, 1.54) is 36.3 Å². The molecule has 228 valence electrons. The molecule has 2 aliphatic rings. The van der Waals surface area contributed by atoms with Gasteiger partial charge in [0.2, 0.25) is 5.91 Å². The minimum Gasteiger partial charge on any atom is -0.354 e. The number of rotatable bonds is 14. The first-order valence-corrected chi connectivity index (χ1v) is 16.4. The van der Waals surface area contributed by atoms with Crippen molar-refractivity contribution in [3.05, 3.63) is 81.8 Å². The smallest absolute Gasteiger partial charge is 0.251 e. The third-order valence-corrected chi connectivity index (χ3v) is 9.14. The number of benzene rings is 2. The van der Waals surface area contributed by atoms with E-state index in [9.17, 15) is 14.4 Å². The molecule has 12 heteroatoms. The molecule has 1 aromatic heterocycles. The molecule has 2 atom stereocenters. The van der Waals surface area contributed by atoms with Crippen LogP contribution >= 0.6 is 23.5 Å². The fraction of sp³-hybridized carbons (Fsp3) is 0.419. The van der Waals surface area contributed by atoms with Crippen molar-refractivity contribution in [2.24, 2.45) is 5.92 Å². The third-order valence-electron chi connectivity index (χ3n) is 7.41. The number of carbonyl (C=O) groups excluding carboxylic acids is 3. The van der Waals surface area contributed by atoms with Crippen LogP contribution in [0.3, 0.4) is 0 Å². The van der Waals surface area contributed by atoms with E-state index >= 15 is 0 Å². The third kappa shape index (κ3) is 9.52. The lowest BCUT2D eigenvalue weighted by Crippen LogP contribution is -2.49. The molecule has 1 saturated heterocycles. The summed E-state index contributed by atoms with van der Waals surface area (Å²) in [7, 11) is 0. The highest BCUT2D eigenvalue weighted by Crippen LogP contribution is 2.28. The second kappa shape index (κ2) is 15.3. The molecule has 0 spiro atoms. The summed E-state index contributed by atoms with van der Waals surface area (Å²) in [6.45, 7) is 4.98. The van der Waals surface area contributed by atoms with Crippen LogP contribution in [0.25, 0.3) is 0 Å². The van der Waals surface area contributed by atoms with E-state index in [-0.39, 0.29) is 23.8 Å². The van der Waals surface area contributed by atoms with Crippen molar-refractivity contribution >= 4 is 46.9 Å². The Labute approximate surface area is 261 Å². The molecule has 10 nitrogen and oxygen atoms in total. The summed E-state index contributed by atoms with van der Waals surface area (Å²) in [4.78, 5) is 43.8. The minimum absolute atomic E-state index is 0.0366. The molecule has 2 aromatic carbocycles. The maximum Gasteiger partial charge on any atom is 0.251 e. The van der Waals surface area contributed by atoms with E-state index in [0.717, 1.165) is 42.3 Å². The van der Waals surface area contributed by atoms with Gasteiger partial charge in [-0.3, -0.25) is 14.4 Å². The Morgan fingerprint density at radius 1 is 1.07 bits per heavy atom. The number of anilines is 1. The summed E-state index contributed by atoms with van der Waals surface area (Å²) in [6.07, 6.45) is 5.60. The number of nitrogens with zero attached hydrogens (tertiary/aromatic N) is 2. The lowest BCUT2D eigenvalue weighted by molar-refractivity contribution is -0.122. The van der Waals surface area contributed by atoms with Crippen molar-refractivity contribution in [2.75, 3.05) is 30.5 Å². The quantitative estimate of drug-likeness (QED) is 0.174. The Bertz CT molecular complexity index is 1360. The Balaban J connectivity index is 1.31. The fourth-order valence-electron chi connectivity index (χ4n) is 4.73. The predicted octanol–water partition coefficient (Wildman–Crippen LogP) is 3.28. The van der Waals surface area contributed by atoms with Gasteiger partial charge in [-0.1, -0.05) is 30.3 Å². The molecular formula is C31H39N7O3S2. The van der Waals surface area contributed by atoms with Gasteiger partial charge in [-0.15, -0.1) is 11.3 Å². The lowest BCUT2D eigenvalue weighted by atomic mass is 10.0. The van der Waals surface area contributed by atoms with E-state index in [2.05, 4.69) is 35.3 Å². The van der Waals surface area contributed by atoms with Gasteiger partial charge in [-0.25, -0.2) is 9.71 Å². The van der Waals surface area contributed by atoms with Crippen LogP contribution in [0.1, 0.15) is 57.5 Å². The van der Waals surface area contributed by atoms with Crippen molar-refractivity contribution in [3.8, 4) is 0 Å². The molecule has 1 aliphatic carbocycles. The highest BCUT2D eigenvalue weighted by atomic mass is 32.2. The standard InChI is InChI=1S/C31H39N7O3S2/c1-21(29(39)34-18-23-8-9-23)33-19-26(14-22-6-3-2-4-7-22)37-31(41)25-15-24(30(40)35-20-28-32-11-13-42-28)16-27(17-25)38-12-5-10-36-43-38/h2-4,6-7,11,13,15-17,21,23,26,33,36H,5,8-10,12,14,18-20H2,1H3,(H,34,39)(H,35,40)(H,37,41)/t21-,26-/m0/s1. The van der Waals surface area contributed by atoms with Gasteiger partial charge >= 0.3 is 0 Å². The first-order chi connectivity index (χ1) is 20.9. The van der Waals surface area contributed by atoms with Crippen LogP contribution in [0.15, 0.2) is 60.1 Å². The highest BCUT2D eigenvalue weighted by Gasteiger charge is 2.24. The summed E-state index contributed by atoms with van der Waals surface area (Å²) >= 11 is 2.95. The average molecular weight is 622 g/mol. The highest BCUT2D eigenvalue weighted by molar-refractivity contribution is 7.98. The lowest BCUT2D eigenvalue weighted by Gasteiger charge is -2.28. The fourth-order valence-corrected chi connectivity index (χ4v) is 6.11. The zero-order valence-corrected chi connectivity index (χ0v) is 25.9. The van der Waals surface area contributed by atoms with Crippen LogP contribution < -0.4 is 30.3 Å². The largest absolute Gasteiger partial charge is 0.354 e. The van der Waals surface area contributed by atoms with Crippen molar-refractivity contribution in [1.82, 2.24) is 31.0 Å². The van der Waals surface area contributed by atoms with E-state index in [0.29, 0.717) is 36.6 Å². The molecule has 43 heavy (non-hydrogen) atoms. The van der Waals surface area contributed by atoms with Gasteiger partial charge in [0.1, 0.15) is 5.01 Å². The summed E-state index contributed by atoms with van der Waals surface area (Å²) < 4.78 is 5.34. The van der Waals surface area contributed by atoms with Gasteiger partial charge in [0.15, 0.2) is 0 Å². The molecule has 3 aromatic rings. The molecule has 0 bridgehead atoms. The van der Waals surface area contributed by atoms with Crippen molar-refractivity contribution in [3.63, 3.8) is 0 Å². The number of thiazole rings is 1. The molecule has 1 saturated carbocycles. The summed E-state index contributed by atoms with van der Waals surface area (Å²) in [6, 6.07) is 14.6. The number of nitrogens with one attached hydrogen (secondary N) is 5. The molecule has 2 fully saturated rings. The molecule has 0 unspecified atom stereocenters. The topological polar surface area (TPSA) is 127 Å². The van der Waals surface area contributed by atoms with E-state index in [1.807, 2.05) is 54.8 Å². The molecule has 5 rings (SSSR count). The Hall–Kier alpha value is -3.45. The maximum absolute atomic E-state index is 13.8. The predicted molar refractivity (Wildman–Crippen MR) is 172 cm³/mol. The Kier molecular flexibility index (Phi) is 11.0. The Morgan fingerprint density at radius 2 is 1.86 bits per heavy atom. The van der Waals surface area contributed by atoms with Crippen LogP contribution in [-0.4, -0.2) is 61.0 Å². The van der Waals surface area contributed by atoms with Gasteiger partial charge in [0.25, 0.3) is 11.8 Å². The van der Waals surface area contributed by atoms with E-state index in [1.54, 1.807) is 12.3 Å². The second-order valence-corrected chi connectivity index (χ2v) is 12.9. The molecule has 1 aliphatic heterocycles. The van der Waals surface area contributed by atoms with Crippen LogP contribution in [-0.2, 0) is 17.8 Å². The molecule has 5 N–H and O–H groups in total. The molecule has 0 radical (unpaired) electrons. The summed E-state index contributed by atoms with van der Waals surface area (Å²) in [5.41, 5.74) is 2.66. The second-order valence-electron chi connectivity index (χ2n) is 11.0. The van der Waals surface area contributed by atoms with Gasteiger partial charge < -0.3 is 25.6 Å². The van der Waals surface area contributed by atoms with Gasteiger partial charge in [-0.2, -0.15) is 0 Å². The van der Waals surface area contributed by atoms with Crippen LogP contribution in [0, 0.1) is 5.92 Å². The first kappa shape index (κ1) is 31.0. The SMILES string of the molecule is C[C@H](NC[C@H](Cc1ccccc1)NC(=O)c1cc(C(=O)NCc2nccs2)cc(N2CCCNS2)c1)C(=O)NCC1CC1. The van der Waals surface area contributed by atoms with Crippen molar-refractivity contribution < 1.29 is 14.4 Å². The van der Waals surface area contributed by atoms with Crippen LogP contribution in [0.5, 0.6) is 0 Å². The van der Waals surface area contributed by atoms with E-state index < -0.39 is 6.04 Å². The van der Waals surface area contributed by atoms with Crippen molar-refractivity contribution in [1.29, 1.82) is 0 Å². The maximum atomic E-state index is 13.8. The normalized spacial score (nSPS) is 16.3. The van der Waals surface area contributed by atoms with Crippen LogP contribution in [0.4, 0.5) is 5.69 Å². The summed E-state index contributed by atoms with van der Waals surface area (Å²) in [5.74, 6) is 0.0230. The number of carbonyl (C=O) groups is 3. The monoisotopic (exact) mass is 621 g/mol. The van der Waals surface area contributed by atoms with Crippen molar-refractivity contribution in [2.45, 2.75) is 51.2 Å². The van der Waals surface area contributed by atoms with Gasteiger partial charge in [0.05, 0.1) is 12.6 Å². The number of aromatic nitrogens is 1. The zero-order valence-electron chi connectivity index (χ0n) is 24.3. The Morgan fingerprint density at radius 3 is 2.56 bits per heavy atom. The molecule has 2 heterocycles. The number of hydrogen-bond donors (Lipinski definition) is 5. The zero-order chi connectivity index (χ0) is 30.0. The summed E-state index contributed by atoms with van der Waals surface area (Å²) in [5, 5.41) is 15.1. The minimum atomic E-state index is -0.394. The van der Waals surface area contributed by atoms with Crippen LogP contribution in [0.2, 0.25) is 0 Å². The van der Waals surface area contributed by atoms with Gasteiger partial charge in [-0.05, 0) is 62.3 Å². The first-order valence-electron chi connectivity index (χ1n) is 14.8. The van der Waals surface area contributed by atoms with E-state index in [4.69, 9.17) is 0 Å².